The number of aromatic nitrogens is 4. The number of anilines is 3. The summed E-state index contributed by atoms with van der Waals surface area (Å²) in [6.45, 7) is 12.5. The first kappa shape index (κ1) is 29.7. The molecule has 4 rings (SSSR count). The summed E-state index contributed by atoms with van der Waals surface area (Å²) in [6, 6.07) is 6.83. The number of methoxy groups -OCH3 is 1. The summed E-state index contributed by atoms with van der Waals surface area (Å²) in [5.74, 6) is 0.980. The molecule has 1 fully saturated rings. The van der Waals surface area contributed by atoms with Crippen LogP contribution in [-0.4, -0.2) is 62.2 Å². The van der Waals surface area contributed by atoms with Gasteiger partial charge in [-0.15, -0.1) is 0 Å². The van der Waals surface area contributed by atoms with Crippen molar-refractivity contribution in [3.05, 3.63) is 36.4 Å². The number of amides is 1. The summed E-state index contributed by atoms with van der Waals surface area (Å²) in [6.07, 6.45) is 7.77. The molecular weight excluding hydrogens is 504 g/mol. The molecule has 0 radical (unpaired) electrons. The maximum atomic E-state index is 12.7. The molecule has 1 aliphatic rings. The number of hydrogen-bond acceptors (Lipinski definition) is 8. The van der Waals surface area contributed by atoms with Gasteiger partial charge in [-0.2, -0.15) is 0 Å². The Hall–Kier alpha value is -3.24. The highest BCUT2D eigenvalue weighted by atomic mass is 16.5. The number of carbonyl (C=O) groups excluding carboxylic acids is 1. The number of nitrogens with zero attached hydrogens (tertiary/aromatic N) is 5. The molecule has 1 aliphatic carbocycles. The van der Waals surface area contributed by atoms with E-state index < -0.39 is 0 Å². The normalized spacial score (nSPS) is 18.3. The molecule has 218 valence electrons. The van der Waals surface area contributed by atoms with Crippen molar-refractivity contribution in [2.24, 2.45) is 5.92 Å². The third-order valence-electron chi connectivity index (χ3n) is 8.18. The Morgan fingerprint density at radius 1 is 1.20 bits per heavy atom. The largest absolute Gasteiger partial charge is 0.397 e. The fraction of sp³-hybridized carbons (Fsp3) is 0.600. The lowest BCUT2D eigenvalue weighted by Gasteiger charge is -2.46. The number of nitrogen functional groups attached to an aromatic ring is 2. The molecule has 40 heavy (non-hydrogen) atoms. The van der Waals surface area contributed by atoms with Crippen LogP contribution < -0.4 is 16.8 Å². The molecule has 0 aliphatic heterocycles. The Labute approximate surface area is 237 Å². The van der Waals surface area contributed by atoms with Crippen LogP contribution in [0.4, 0.5) is 17.2 Å². The van der Waals surface area contributed by atoms with Crippen molar-refractivity contribution in [2.75, 3.05) is 30.4 Å². The molecule has 2 aromatic heterocycles. The average Bonchev–Trinajstić information content (AvgIpc) is 3.29. The molecule has 1 atom stereocenters. The predicted molar refractivity (Wildman–Crippen MR) is 161 cm³/mol. The summed E-state index contributed by atoms with van der Waals surface area (Å²) in [4.78, 5) is 27.9. The summed E-state index contributed by atoms with van der Waals surface area (Å²) >= 11 is 0. The number of carbonyl (C=O) groups is 1. The standard InChI is InChI=1S/C30H46N8O2/c1-19(2)38(16-23(40-6)11-12-37-18-35-27-28(32)33-17-34-29(27)37)22-13-20(14-22)7-10-26(39)36-25-9-8-21(15-24(25)31)30(3,4)5/h8-9,15,17-20,22-23H,7,10-14,16,31H2,1-6H3,(H,36,39)(H2,32,33,34). The van der Waals surface area contributed by atoms with Crippen molar-refractivity contribution >= 4 is 34.3 Å². The van der Waals surface area contributed by atoms with Gasteiger partial charge >= 0.3 is 0 Å². The van der Waals surface area contributed by atoms with Gasteiger partial charge in [0.05, 0.1) is 23.8 Å². The number of nitrogens with two attached hydrogens (primary N) is 2. The summed E-state index contributed by atoms with van der Waals surface area (Å²) in [7, 11) is 1.78. The number of aryl methyl sites for hydroxylation is 1. The van der Waals surface area contributed by atoms with E-state index in [0.717, 1.165) is 50.0 Å². The van der Waals surface area contributed by atoms with E-state index in [9.17, 15) is 4.79 Å². The molecule has 5 N–H and O–H groups in total. The number of imidazole rings is 1. The number of hydrogen-bond donors (Lipinski definition) is 3. The van der Waals surface area contributed by atoms with Gasteiger partial charge in [0.25, 0.3) is 0 Å². The lowest BCUT2D eigenvalue weighted by molar-refractivity contribution is -0.116. The lowest BCUT2D eigenvalue weighted by atomic mass is 9.76. The fourth-order valence-electron chi connectivity index (χ4n) is 5.54. The van der Waals surface area contributed by atoms with Crippen LogP contribution in [0.2, 0.25) is 0 Å². The number of nitrogens with one attached hydrogen (secondary N) is 1. The van der Waals surface area contributed by atoms with Crippen molar-refractivity contribution in [3.63, 3.8) is 0 Å². The van der Waals surface area contributed by atoms with Gasteiger partial charge in [0.2, 0.25) is 5.91 Å². The van der Waals surface area contributed by atoms with E-state index >= 15 is 0 Å². The topological polar surface area (TPSA) is 137 Å². The highest BCUT2D eigenvalue weighted by Crippen LogP contribution is 2.36. The van der Waals surface area contributed by atoms with Gasteiger partial charge in [-0.3, -0.25) is 9.69 Å². The number of ether oxygens (including phenoxy) is 1. The Morgan fingerprint density at radius 2 is 1.95 bits per heavy atom. The second-order valence-electron chi connectivity index (χ2n) is 12.4. The summed E-state index contributed by atoms with van der Waals surface area (Å²) in [5, 5.41) is 3.01. The van der Waals surface area contributed by atoms with E-state index in [1.165, 1.54) is 6.33 Å². The molecule has 10 heteroatoms. The van der Waals surface area contributed by atoms with Crippen LogP contribution in [0.1, 0.15) is 72.3 Å². The van der Waals surface area contributed by atoms with Gasteiger partial charge in [0, 0.05) is 38.7 Å². The van der Waals surface area contributed by atoms with Gasteiger partial charge in [0.15, 0.2) is 11.5 Å². The molecule has 1 aromatic carbocycles. The Morgan fingerprint density at radius 3 is 2.60 bits per heavy atom. The van der Waals surface area contributed by atoms with Crippen molar-refractivity contribution in [2.45, 2.75) is 96.9 Å². The molecule has 1 amide bonds. The third-order valence-corrected chi connectivity index (χ3v) is 8.18. The van der Waals surface area contributed by atoms with Crippen molar-refractivity contribution in [3.8, 4) is 0 Å². The number of rotatable bonds is 12. The minimum atomic E-state index is 0.0178. The summed E-state index contributed by atoms with van der Waals surface area (Å²) in [5.41, 5.74) is 16.0. The molecule has 1 saturated carbocycles. The zero-order valence-electron chi connectivity index (χ0n) is 24.9. The summed E-state index contributed by atoms with van der Waals surface area (Å²) < 4.78 is 7.90. The van der Waals surface area contributed by atoms with Gasteiger partial charge in [-0.1, -0.05) is 26.8 Å². The van der Waals surface area contributed by atoms with E-state index in [1.54, 1.807) is 13.4 Å². The van der Waals surface area contributed by atoms with Crippen LogP contribution in [0, 0.1) is 5.92 Å². The number of benzene rings is 1. The highest BCUT2D eigenvalue weighted by molar-refractivity contribution is 5.93. The number of fused-ring (bicyclic) bond motifs is 1. The Balaban J connectivity index is 1.23. The molecule has 0 bridgehead atoms. The predicted octanol–water partition coefficient (Wildman–Crippen LogP) is 4.60. The van der Waals surface area contributed by atoms with Gasteiger partial charge in [-0.25, -0.2) is 15.0 Å². The van der Waals surface area contributed by atoms with Crippen LogP contribution in [0.5, 0.6) is 0 Å². The van der Waals surface area contributed by atoms with E-state index in [1.807, 2.05) is 22.8 Å². The maximum absolute atomic E-state index is 12.7. The van der Waals surface area contributed by atoms with Crippen LogP contribution >= 0.6 is 0 Å². The van der Waals surface area contributed by atoms with Crippen LogP contribution in [0.15, 0.2) is 30.9 Å². The highest BCUT2D eigenvalue weighted by Gasteiger charge is 2.35. The second kappa shape index (κ2) is 12.5. The molecule has 2 heterocycles. The SMILES string of the molecule is COC(CCn1cnc2c(N)ncnc21)CN(C(C)C)C1CC(CCC(=O)Nc2ccc(C(C)(C)C)cc2N)C1. The zero-order chi connectivity index (χ0) is 29.0. The molecule has 0 saturated heterocycles. The van der Waals surface area contributed by atoms with Gasteiger partial charge in [-0.05, 0) is 68.6 Å². The van der Waals surface area contributed by atoms with E-state index in [0.29, 0.717) is 47.1 Å². The smallest absolute Gasteiger partial charge is 0.224 e. The van der Waals surface area contributed by atoms with Crippen molar-refractivity contribution < 1.29 is 9.53 Å². The van der Waals surface area contributed by atoms with Crippen molar-refractivity contribution in [1.82, 2.24) is 24.4 Å². The van der Waals surface area contributed by atoms with E-state index in [-0.39, 0.29) is 17.4 Å². The van der Waals surface area contributed by atoms with E-state index in [2.05, 4.69) is 59.8 Å². The first-order valence-electron chi connectivity index (χ1n) is 14.4. The Bertz CT molecular complexity index is 1290. The zero-order valence-corrected chi connectivity index (χ0v) is 24.9. The first-order chi connectivity index (χ1) is 19.0. The van der Waals surface area contributed by atoms with Crippen LogP contribution in [0.25, 0.3) is 11.2 Å². The van der Waals surface area contributed by atoms with Gasteiger partial charge in [0.1, 0.15) is 11.8 Å². The average molecular weight is 551 g/mol. The van der Waals surface area contributed by atoms with Crippen LogP contribution in [0.3, 0.4) is 0 Å². The monoisotopic (exact) mass is 550 g/mol. The minimum Gasteiger partial charge on any atom is -0.397 e. The quantitative estimate of drug-likeness (QED) is 0.278. The Kier molecular flexibility index (Phi) is 9.30. The first-order valence-corrected chi connectivity index (χ1v) is 14.4. The molecule has 1 unspecified atom stereocenters. The van der Waals surface area contributed by atoms with Crippen molar-refractivity contribution in [1.29, 1.82) is 0 Å². The van der Waals surface area contributed by atoms with Gasteiger partial charge < -0.3 is 26.1 Å². The maximum Gasteiger partial charge on any atom is 0.224 e. The fourth-order valence-corrected chi connectivity index (χ4v) is 5.54. The second-order valence-corrected chi connectivity index (χ2v) is 12.4. The lowest BCUT2D eigenvalue weighted by Crippen LogP contribution is -2.51. The minimum absolute atomic E-state index is 0.0178. The third kappa shape index (κ3) is 7.09. The van der Waals surface area contributed by atoms with E-state index in [4.69, 9.17) is 16.2 Å². The molecule has 10 nitrogen and oxygen atoms in total. The molecule has 3 aromatic rings. The molecular formula is C30H46N8O2. The van der Waals surface area contributed by atoms with Crippen LogP contribution in [-0.2, 0) is 21.5 Å². The molecule has 0 spiro atoms.